The smallest absolute Gasteiger partial charge is 0.250 e. The highest BCUT2D eigenvalue weighted by molar-refractivity contribution is 6.07. The molecular formula is C41H47N3+2. The van der Waals surface area contributed by atoms with Crippen LogP contribution in [0.5, 0.6) is 0 Å². The highest BCUT2D eigenvalue weighted by atomic mass is 15.5. The summed E-state index contributed by atoms with van der Waals surface area (Å²) in [6.07, 6.45) is 18.2. The predicted octanol–water partition coefficient (Wildman–Crippen LogP) is 9.23. The fourth-order valence-electron chi connectivity index (χ4n) is 10.6. The third kappa shape index (κ3) is 3.29. The molecule has 1 aromatic heterocycles. The van der Waals surface area contributed by atoms with Gasteiger partial charge in [0.1, 0.15) is 5.56 Å². The van der Waals surface area contributed by atoms with Crippen LogP contribution in [-0.4, -0.2) is 27.3 Å². The molecule has 224 valence electrons. The summed E-state index contributed by atoms with van der Waals surface area (Å²) >= 11 is 0. The van der Waals surface area contributed by atoms with E-state index in [0.29, 0.717) is 12.1 Å². The second-order valence-corrected chi connectivity index (χ2v) is 15.2. The van der Waals surface area contributed by atoms with E-state index in [2.05, 4.69) is 109 Å². The SMILES string of the molecule is CC1=CC(C)=[N+](C2CCCCC2)C2(c3cc4ccccc4c4c3-c3c5c(cc(C)cc5cc[n+]32)C4(C)C)N1C1CCCCC1. The maximum atomic E-state index is 2.94. The van der Waals surface area contributed by atoms with E-state index in [4.69, 9.17) is 0 Å². The average Bonchev–Trinajstić information content (AvgIpc) is 3.29. The summed E-state index contributed by atoms with van der Waals surface area (Å²) in [6.45, 7) is 12.1. The molecule has 3 nitrogen and oxygen atoms in total. The molecule has 4 aromatic rings. The van der Waals surface area contributed by atoms with Crippen molar-refractivity contribution in [3.8, 4) is 11.3 Å². The number of nitrogens with zero attached hydrogens (tertiary/aromatic N) is 3. The van der Waals surface area contributed by atoms with Crippen LogP contribution in [0.4, 0.5) is 0 Å². The van der Waals surface area contributed by atoms with Gasteiger partial charge < -0.3 is 0 Å². The molecule has 2 aliphatic heterocycles. The van der Waals surface area contributed by atoms with Crippen molar-refractivity contribution >= 4 is 27.3 Å². The number of allylic oxidation sites excluding steroid dienone is 2. The van der Waals surface area contributed by atoms with Gasteiger partial charge in [-0.15, -0.1) is 9.14 Å². The van der Waals surface area contributed by atoms with Crippen molar-refractivity contribution in [2.75, 3.05) is 0 Å². The van der Waals surface area contributed by atoms with Gasteiger partial charge in [0.05, 0.1) is 10.9 Å². The Morgan fingerprint density at radius 2 is 1.50 bits per heavy atom. The molecule has 1 atom stereocenters. The van der Waals surface area contributed by atoms with Crippen LogP contribution in [-0.2, 0) is 11.2 Å². The van der Waals surface area contributed by atoms with E-state index in [9.17, 15) is 0 Å². The van der Waals surface area contributed by atoms with Gasteiger partial charge in [0.2, 0.25) is 5.69 Å². The van der Waals surface area contributed by atoms with Crippen LogP contribution in [0.1, 0.15) is 114 Å². The van der Waals surface area contributed by atoms with Crippen molar-refractivity contribution in [2.45, 2.75) is 122 Å². The number of hydrogen-bond acceptors (Lipinski definition) is 1. The summed E-state index contributed by atoms with van der Waals surface area (Å²) in [5.41, 5.74) is 11.6. The normalized spacial score (nSPS) is 24.6. The number of rotatable bonds is 2. The number of aryl methyl sites for hydroxylation is 1. The minimum Gasteiger partial charge on any atom is -0.250 e. The molecule has 2 saturated carbocycles. The molecule has 1 spiro atoms. The first-order chi connectivity index (χ1) is 21.3. The third-order valence-electron chi connectivity index (χ3n) is 12.2. The number of benzene rings is 3. The Labute approximate surface area is 262 Å². The first-order valence-electron chi connectivity index (χ1n) is 17.5. The Morgan fingerprint density at radius 3 is 2.27 bits per heavy atom. The summed E-state index contributed by atoms with van der Waals surface area (Å²) < 4.78 is 5.74. The molecule has 3 heteroatoms. The molecule has 9 rings (SSSR count). The largest absolute Gasteiger partial charge is 0.473 e. The van der Waals surface area contributed by atoms with Crippen LogP contribution < -0.4 is 4.57 Å². The summed E-state index contributed by atoms with van der Waals surface area (Å²) in [7, 11) is 0. The van der Waals surface area contributed by atoms with Crippen molar-refractivity contribution in [3.63, 3.8) is 0 Å². The lowest BCUT2D eigenvalue weighted by molar-refractivity contribution is -0.945. The first kappa shape index (κ1) is 26.9. The van der Waals surface area contributed by atoms with Gasteiger partial charge in [-0.25, -0.2) is 4.90 Å². The van der Waals surface area contributed by atoms with Crippen LogP contribution in [0, 0.1) is 6.92 Å². The van der Waals surface area contributed by atoms with E-state index in [1.165, 1.54) is 131 Å². The molecule has 2 fully saturated rings. The number of pyridine rings is 1. The Kier molecular flexibility index (Phi) is 5.68. The van der Waals surface area contributed by atoms with Crippen LogP contribution in [0.25, 0.3) is 32.8 Å². The second kappa shape index (κ2) is 9.28. The Hall–Kier alpha value is -3.46. The Bertz CT molecular complexity index is 1950. The standard InChI is InChI=1S/C41H47N3/c1-26-22-30-20-21-42-39-36(30)34(23-26)40(4,5)38-33-19-13-12-14-29(33)25-35(37(38)39)41(42)43(31-15-8-6-9-16-31)27(2)24-28(3)44(41)32-17-10-7-11-18-32/h12-14,19-25,31-32H,6-11,15-18H2,1-5H3/q+2. The topological polar surface area (TPSA) is 10.1 Å². The molecule has 3 heterocycles. The number of aromatic nitrogens is 1. The van der Waals surface area contributed by atoms with Gasteiger partial charge in [0.25, 0.3) is 0 Å². The van der Waals surface area contributed by atoms with Crippen molar-refractivity contribution < 1.29 is 9.14 Å². The predicted molar refractivity (Wildman–Crippen MR) is 181 cm³/mol. The Balaban J connectivity index is 1.51. The molecule has 3 aromatic carbocycles. The van der Waals surface area contributed by atoms with Crippen LogP contribution >= 0.6 is 0 Å². The monoisotopic (exact) mass is 581 g/mol. The summed E-state index contributed by atoms with van der Waals surface area (Å²) in [5.74, 6) is -0.410. The summed E-state index contributed by atoms with van der Waals surface area (Å²) in [5, 5.41) is 5.66. The van der Waals surface area contributed by atoms with Gasteiger partial charge in [-0.2, -0.15) is 0 Å². The van der Waals surface area contributed by atoms with Crippen molar-refractivity contribution in [3.05, 3.63) is 88.8 Å². The summed E-state index contributed by atoms with van der Waals surface area (Å²) in [6, 6.07) is 20.3. The molecule has 5 aliphatic rings. The molecule has 0 radical (unpaired) electrons. The van der Waals surface area contributed by atoms with Gasteiger partial charge in [-0.05, 0) is 72.9 Å². The van der Waals surface area contributed by atoms with Gasteiger partial charge in [-0.3, -0.25) is 0 Å². The summed E-state index contributed by atoms with van der Waals surface area (Å²) in [4.78, 5) is 2.94. The van der Waals surface area contributed by atoms with Crippen molar-refractivity contribution in [1.29, 1.82) is 0 Å². The highest BCUT2D eigenvalue weighted by Crippen LogP contribution is 2.58. The van der Waals surface area contributed by atoms with E-state index < -0.39 is 5.79 Å². The molecule has 0 N–H and O–H groups in total. The molecule has 3 aliphatic carbocycles. The maximum absolute atomic E-state index is 2.94. The zero-order valence-corrected chi connectivity index (χ0v) is 27.3. The van der Waals surface area contributed by atoms with Crippen LogP contribution in [0.15, 0.2) is 66.5 Å². The third-order valence-corrected chi connectivity index (χ3v) is 12.2. The maximum Gasteiger partial charge on any atom is 0.473 e. The van der Waals surface area contributed by atoms with Gasteiger partial charge in [0.15, 0.2) is 18.0 Å². The molecule has 1 unspecified atom stereocenters. The first-order valence-corrected chi connectivity index (χ1v) is 17.5. The van der Waals surface area contributed by atoms with Crippen LogP contribution in [0.2, 0.25) is 0 Å². The zero-order valence-electron chi connectivity index (χ0n) is 27.3. The van der Waals surface area contributed by atoms with Crippen LogP contribution in [0.3, 0.4) is 0 Å². The van der Waals surface area contributed by atoms with E-state index in [-0.39, 0.29) is 5.41 Å². The van der Waals surface area contributed by atoms with E-state index in [1.54, 1.807) is 0 Å². The van der Waals surface area contributed by atoms with Gasteiger partial charge in [-0.1, -0.05) is 81.5 Å². The van der Waals surface area contributed by atoms with Gasteiger partial charge in [0, 0.05) is 49.1 Å². The van der Waals surface area contributed by atoms with E-state index in [1.807, 2.05) is 0 Å². The van der Waals surface area contributed by atoms with Gasteiger partial charge >= 0.3 is 5.79 Å². The minimum absolute atomic E-state index is 0.115. The fourth-order valence-corrected chi connectivity index (χ4v) is 10.6. The molecule has 0 bridgehead atoms. The lowest BCUT2D eigenvalue weighted by Gasteiger charge is -2.45. The highest BCUT2D eigenvalue weighted by Gasteiger charge is 2.71. The second-order valence-electron chi connectivity index (χ2n) is 15.2. The van der Waals surface area contributed by atoms with E-state index in [0.717, 1.165) is 0 Å². The fraction of sp³-hybridized carbons (Fsp3) is 0.463. The Morgan fingerprint density at radius 1 is 0.773 bits per heavy atom. The minimum atomic E-state index is -0.410. The average molecular weight is 582 g/mol. The molecular weight excluding hydrogens is 534 g/mol. The molecule has 0 saturated heterocycles. The quantitative estimate of drug-likeness (QED) is 0.215. The lowest BCUT2D eigenvalue weighted by atomic mass is 9.67. The zero-order chi connectivity index (χ0) is 30.0. The van der Waals surface area contributed by atoms with Crippen molar-refractivity contribution in [1.82, 2.24) is 4.90 Å². The number of hydrogen-bond donors (Lipinski definition) is 0. The molecule has 44 heavy (non-hydrogen) atoms. The van der Waals surface area contributed by atoms with E-state index >= 15 is 0 Å². The molecule has 0 amide bonds. The van der Waals surface area contributed by atoms with Crippen molar-refractivity contribution in [2.24, 2.45) is 0 Å². The lowest BCUT2D eigenvalue weighted by Crippen LogP contribution is -2.75. The number of fused-ring (bicyclic) bond motifs is 4.